The molecule has 0 saturated carbocycles. The minimum absolute atomic E-state index is 0.00429. The summed E-state index contributed by atoms with van der Waals surface area (Å²) < 4.78 is 33.1. The number of piperidine rings is 1. The first-order valence-corrected chi connectivity index (χ1v) is 11.3. The molecular weight excluding hydrogens is 506 g/mol. The highest BCUT2D eigenvalue weighted by atomic mass is 19.1. The van der Waals surface area contributed by atoms with Gasteiger partial charge in [-0.05, 0) is 18.6 Å². The number of benzene rings is 2. The number of amides is 5. The molecule has 194 valence electrons. The first kappa shape index (κ1) is 24.7. The minimum Gasteiger partial charge on any atom is -0.487 e. The molecule has 0 bridgehead atoms. The van der Waals surface area contributed by atoms with Crippen LogP contribution >= 0.6 is 0 Å². The van der Waals surface area contributed by atoms with Gasteiger partial charge in [-0.1, -0.05) is 11.3 Å². The molecule has 5 rings (SSSR count). The van der Waals surface area contributed by atoms with E-state index in [1.165, 1.54) is 29.1 Å². The van der Waals surface area contributed by atoms with Crippen LogP contribution in [0.1, 0.15) is 39.3 Å². The van der Waals surface area contributed by atoms with Gasteiger partial charge in [0.15, 0.2) is 0 Å². The van der Waals surface area contributed by atoms with E-state index in [9.17, 15) is 32.8 Å². The first-order chi connectivity index (χ1) is 18.2. The van der Waals surface area contributed by atoms with Gasteiger partial charge in [0.25, 0.3) is 11.8 Å². The van der Waals surface area contributed by atoms with Crippen LogP contribution in [-0.2, 0) is 27.5 Å². The van der Waals surface area contributed by atoms with Crippen LogP contribution in [0.2, 0.25) is 0 Å². The summed E-state index contributed by atoms with van der Waals surface area (Å²) in [5.41, 5.74) is 0.304. The Bertz CT molecular complexity index is 1490. The number of nitrogens with zero attached hydrogens (tertiary/aromatic N) is 4. The summed E-state index contributed by atoms with van der Waals surface area (Å²) in [6.45, 7) is -0.478. The lowest BCUT2D eigenvalue weighted by molar-refractivity contribution is -0.136. The maximum atomic E-state index is 13.3. The molecule has 3 aromatic rings. The number of ether oxygens (including phenoxy) is 1. The second kappa shape index (κ2) is 9.80. The van der Waals surface area contributed by atoms with Crippen LogP contribution < -0.4 is 15.4 Å². The van der Waals surface area contributed by atoms with Gasteiger partial charge < -0.3 is 10.1 Å². The zero-order chi connectivity index (χ0) is 27.0. The first-order valence-electron chi connectivity index (χ1n) is 11.3. The maximum Gasteiger partial charge on any atom is 0.264 e. The van der Waals surface area contributed by atoms with Gasteiger partial charge in [-0.3, -0.25) is 34.2 Å². The molecule has 12 nitrogen and oxygen atoms in total. The number of fused-ring (bicyclic) bond motifs is 1. The van der Waals surface area contributed by atoms with Gasteiger partial charge in [-0.15, -0.1) is 5.10 Å². The van der Waals surface area contributed by atoms with Gasteiger partial charge in [-0.25, -0.2) is 13.5 Å². The highest BCUT2D eigenvalue weighted by Gasteiger charge is 2.45. The van der Waals surface area contributed by atoms with E-state index in [-0.39, 0.29) is 54.3 Å². The third-order valence-corrected chi connectivity index (χ3v) is 5.86. The molecule has 14 heteroatoms. The second-order valence-electron chi connectivity index (χ2n) is 8.52. The average molecular weight is 524 g/mol. The highest BCUT2D eigenvalue weighted by Crippen LogP contribution is 2.32. The number of imide groups is 2. The molecule has 2 N–H and O–H groups in total. The summed E-state index contributed by atoms with van der Waals surface area (Å²) in [5.74, 6) is -4.92. The van der Waals surface area contributed by atoms with E-state index in [1.54, 1.807) is 0 Å². The molecule has 0 spiro atoms. The fourth-order valence-corrected chi connectivity index (χ4v) is 4.21. The zero-order valence-corrected chi connectivity index (χ0v) is 19.4. The Morgan fingerprint density at radius 1 is 1.11 bits per heavy atom. The lowest BCUT2D eigenvalue weighted by Crippen LogP contribution is -2.54. The summed E-state index contributed by atoms with van der Waals surface area (Å²) in [5, 5.41) is 12.3. The summed E-state index contributed by atoms with van der Waals surface area (Å²) in [7, 11) is 0. The van der Waals surface area contributed by atoms with Crippen LogP contribution in [0, 0.1) is 11.6 Å². The monoisotopic (exact) mass is 524 g/mol. The van der Waals surface area contributed by atoms with E-state index in [4.69, 9.17) is 4.74 Å². The van der Waals surface area contributed by atoms with E-state index < -0.39 is 47.2 Å². The number of hydrogen-bond acceptors (Lipinski definition) is 8. The summed E-state index contributed by atoms with van der Waals surface area (Å²) in [4.78, 5) is 63.2. The summed E-state index contributed by atoms with van der Waals surface area (Å²) in [6.07, 6.45) is 1.38. The Hall–Kier alpha value is -5.01. The van der Waals surface area contributed by atoms with E-state index in [0.29, 0.717) is 6.07 Å². The molecule has 2 aromatic carbocycles. The quantitative estimate of drug-likeness (QED) is 0.437. The fourth-order valence-electron chi connectivity index (χ4n) is 4.21. The largest absolute Gasteiger partial charge is 0.487 e. The minimum atomic E-state index is -1.14. The van der Waals surface area contributed by atoms with Crippen LogP contribution in [-0.4, -0.2) is 55.5 Å². The highest BCUT2D eigenvalue weighted by molar-refractivity contribution is 6.26. The molecule has 1 fully saturated rings. The zero-order valence-electron chi connectivity index (χ0n) is 19.4. The van der Waals surface area contributed by atoms with Crippen molar-refractivity contribution in [3.05, 3.63) is 71.1 Å². The fraction of sp³-hybridized carbons (Fsp3) is 0.208. The molecule has 1 unspecified atom stereocenters. The van der Waals surface area contributed by atoms with Crippen molar-refractivity contribution in [2.24, 2.45) is 0 Å². The number of anilines is 1. The van der Waals surface area contributed by atoms with Crippen molar-refractivity contribution in [2.45, 2.75) is 32.0 Å². The summed E-state index contributed by atoms with van der Waals surface area (Å²) in [6, 6.07) is 5.91. The molecule has 38 heavy (non-hydrogen) atoms. The van der Waals surface area contributed by atoms with Gasteiger partial charge in [-0.2, -0.15) is 0 Å². The molecule has 1 aromatic heterocycles. The van der Waals surface area contributed by atoms with E-state index >= 15 is 0 Å². The molecule has 1 atom stereocenters. The van der Waals surface area contributed by atoms with E-state index in [1.807, 2.05) is 0 Å². The predicted octanol–water partition coefficient (Wildman–Crippen LogP) is 1.18. The molecule has 2 aliphatic heterocycles. The van der Waals surface area contributed by atoms with Gasteiger partial charge in [0.2, 0.25) is 17.7 Å². The lowest BCUT2D eigenvalue weighted by Gasteiger charge is -2.27. The van der Waals surface area contributed by atoms with Crippen molar-refractivity contribution in [1.82, 2.24) is 25.2 Å². The normalized spacial score (nSPS) is 16.9. The van der Waals surface area contributed by atoms with Crippen molar-refractivity contribution >= 4 is 35.2 Å². The summed E-state index contributed by atoms with van der Waals surface area (Å²) >= 11 is 0. The molecule has 3 heterocycles. The number of nitrogens with one attached hydrogen (secondary N) is 2. The molecular formula is C24H18F2N6O6. The maximum absolute atomic E-state index is 13.3. The molecule has 1 saturated heterocycles. The van der Waals surface area contributed by atoms with Crippen molar-refractivity contribution in [2.75, 3.05) is 5.32 Å². The average Bonchev–Trinajstić information content (AvgIpc) is 3.40. The second-order valence-corrected chi connectivity index (χ2v) is 8.52. The number of rotatable bonds is 7. The van der Waals surface area contributed by atoms with Gasteiger partial charge >= 0.3 is 0 Å². The smallest absolute Gasteiger partial charge is 0.264 e. The number of halogens is 2. The van der Waals surface area contributed by atoms with Crippen LogP contribution in [0.5, 0.6) is 5.75 Å². The van der Waals surface area contributed by atoms with Gasteiger partial charge in [0.1, 0.15) is 42.3 Å². The molecule has 5 amide bonds. The predicted molar refractivity (Wildman–Crippen MR) is 122 cm³/mol. The number of hydrogen-bond donors (Lipinski definition) is 2. The van der Waals surface area contributed by atoms with Crippen molar-refractivity contribution in [3.63, 3.8) is 0 Å². The SMILES string of the molecule is O=C1CCC(N2C(=O)c3cccc(NC(=O)Cn4cc(COc5cc(F)cc(F)c5)nn4)c3C2=O)C(=O)N1. The van der Waals surface area contributed by atoms with E-state index in [0.717, 1.165) is 17.0 Å². The third kappa shape index (κ3) is 4.83. The molecule has 2 aliphatic rings. The Kier molecular flexibility index (Phi) is 6.36. The standard InChI is InChI=1S/C24H18F2N6O6/c25-12-6-13(26)8-15(7-12)38-11-14-9-31(30-29-14)10-20(34)27-17-3-1-2-16-21(17)24(37)32(23(16)36)18-4-5-19(33)28-22(18)35/h1-3,6-9,18H,4-5,10-11H2,(H,27,34)(H,28,33,35). The van der Waals surface area contributed by atoms with Crippen LogP contribution in [0.3, 0.4) is 0 Å². The van der Waals surface area contributed by atoms with Crippen LogP contribution in [0.15, 0.2) is 42.6 Å². The topological polar surface area (TPSA) is 153 Å². The van der Waals surface area contributed by atoms with Gasteiger partial charge in [0, 0.05) is 24.6 Å². The number of aromatic nitrogens is 3. The Morgan fingerprint density at radius 3 is 2.61 bits per heavy atom. The number of carbonyl (C=O) groups excluding carboxylic acids is 5. The molecule has 0 radical (unpaired) electrons. The van der Waals surface area contributed by atoms with Crippen molar-refractivity contribution in [1.29, 1.82) is 0 Å². The molecule has 0 aliphatic carbocycles. The lowest BCUT2D eigenvalue weighted by atomic mass is 10.0. The van der Waals surface area contributed by atoms with Gasteiger partial charge in [0.05, 0.1) is 23.0 Å². The Labute approximate surface area is 212 Å². The Balaban J connectivity index is 1.25. The third-order valence-electron chi connectivity index (χ3n) is 5.86. The van der Waals surface area contributed by atoms with Crippen LogP contribution in [0.25, 0.3) is 0 Å². The van der Waals surface area contributed by atoms with E-state index in [2.05, 4.69) is 20.9 Å². The van der Waals surface area contributed by atoms with Crippen LogP contribution in [0.4, 0.5) is 14.5 Å². The van der Waals surface area contributed by atoms with Crippen molar-refractivity contribution < 1.29 is 37.5 Å². The number of carbonyl (C=O) groups is 5. The van der Waals surface area contributed by atoms with Crippen molar-refractivity contribution in [3.8, 4) is 5.75 Å². The Morgan fingerprint density at radius 2 is 1.87 bits per heavy atom.